The van der Waals surface area contributed by atoms with Gasteiger partial charge in [-0.3, -0.25) is 4.79 Å². The van der Waals surface area contributed by atoms with E-state index in [2.05, 4.69) is 10.6 Å². The standard InChI is InChI=1S/C23H27N3O6/c1-23(2,3)25-20(27)18(14-8-6-5-7-9-14)24-22(30)26(4)12-15-10-11-16-19(32-13-31-16)17(15)21(28)29/h5-11,18H,12-13H2,1-4H3,(H,24,30)(H,25,27)(H,28,29)/t18-/m1/s1. The van der Waals surface area contributed by atoms with Crippen LogP contribution in [-0.4, -0.2) is 47.3 Å². The molecule has 1 heterocycles. The molecule has 1 aliphatic rings. The van der Waals surface area contributed by atoms with Gasteiger partial charge in [-0.05, 0) is 38.0 Å². The van der Waals surface area contributed by atoms with E-state index in [0.717, 1.165) is 0 Å². The minimum atomic E-state index is -1.18. The fourth-order valence-electron chi connectivity index (χ4n) is 3.33. The monoisotopic (exact) mass is 441 g/mol. The van der Waals surface area contributed by atoms with E-state index in [1.165, 1.54) is 11.9 Å². The summed E-state index contributed by atoms with van der Waals surface area (Å²) in [6.07, 6.45) is 0. The second-order valence-electron chi connectivity index (χ2n) is 8.53. The molecule has 0 aromatic heterocycles. The van der Waals surface area contributed by atoms with Gasteiger partial charge in [0.1, 0.15) is 11.6 Å². The molecular weight excluding hydrogens is 414 g/mol. The summed E-state index contributed by atoms with van der Waals surface area (Å²) in [5.41, 5.74) is 0.480. The maximum atomic E-state index is 12.9. The average Bonchev–Trinajstić information content (AvgIpc) is 3.19. The first-order chi connectivity index (χ1) is 15.1. The van der Waals surface area contributed by atoms with Crippen molar-refractivity contribution in [3.8, 4) is 11.5 Å². The molecule has 3 rings (SSSR count). The van der Waals surface area contributed by atoms with Crippen molar-refractivity contribution >= 4 is 17.9 Å². The molecule has 0 aliphatic carbocycles. The van der Waals surface area contributed by atoms with Crippen molar-refractivity contribution in [2.24, 2.45) is 0 Å². The third kappa shape index (κ3) is 5.29. The van der Waals surface area contributed by atoms with Gasteiger partial charge in [0, 0.05) is 19.1 Å². The summed E-state index contributed by atoms with van der Waals surface area (Å²) in [7, 11) is 1.52. The summed E-state index contributed by atoms with van der Waals surface area (Å²) >= 11 is 0. The summed E-state index contributed by atoms with van der Waals surface area (Å²) in [6.45, 7) is 5.50. The minimum absolute atomic E-state index is 0.00743. The number of nitrogens with one attached hydrogen (secondary N) is 2. The summed E-state index contributed by atoms with van der Waals surface area (Å²) in [4.78, 5) is 39.0. The van der Waals surface area contributed by atoms with Crippen LogP contribution in [0.2, 0.25) is 0 Å². The molecule has 9 nitrogen and oxygen atoms in total. The molecule has 0 radical (unpaired) electrons. The van der Waals surface area contributed by atoms with Crippen molar-refractivity contribution < 1.29 is 29.0 Å². The molecule has 1 atom stereocenters. The molecule has 2 aromatic rings. The van der Waals surface area contributed by atoms with Gasteiger partial charge in [-0.25, -0.2) is 9.59 Å². The Bertz CT molecular complexity index is 1020. The number of hydrogen-bond acceptors (Lipinski definition) is 5. The third-order valence-corrected chi connectivity index (χ3v) is 4.75. The van der Waals surface area contributed by atoms with Crippen molar-refractivity contribution in [2.75, 3.05) is 13.8 Å². The van der Waals surface area contributed by atoms with E-state index in [4.69, 9.17) is 9.47 Å². The van der Waals surface area contributed by atoms with Gasteiger partial charge in [0.15, 0.2) is 11.5 Å². The molecule has 0 saturated heterocycles. The Morgan fingerprint density at radius 2 is 1.78 bits per heavy atom. The summed E-state index contributed by atoms with van der Waals surface area (Å²) in [5.74, 6) is -1.03. The normalized spacial score (nSPS) is 13.2. The van der Waals surface area contributed by atoms with Crippen LogP contribution in [0.3, 0.4) is 0 Å². The zero-order valence-electron chi connectivity index (χ0n) is 18.5. The number of rotatable bonds is 6. The van der Waals surface area contributed by atoms with Gasteiger partial charge in [-0.1, -0.05) is 36.4 Å². The van der Waals surface area contributed by atoms with E-state index in [9.17, 15) is 19.5 Å². The third-order valence-electron chi connectivity index (χ3n) is 4.75. The highest BCUT2D eigenvalue weighted by atomic mass is 16.7. The van der Waals surface area contributed by atoms with Crippen molar-refractivity contribution in [1.82, 2.24) is 15.5 Å². The first kappa shape index (κ1) is 22.9. The van der Waals surface area contributed by atoms with Gasteiger partial charge in [-0.2, -0.15) is 0 Å². The minimum Gasteiger partial charge on any atom is -0.478 e. The van der Waals surface area contributed by atoms with E-state index < -0.39 is 23.6 Å². The number of amides is 3. The average molecular weight is 441 g/mol. The van der Waals surface area contributed by atoms with Crippen LogP contribution in [0.5, 0.6) is 11.5 Å². The smallest absolute Gasteiger partial charge is 0.339 e. The quantitative estimate of drug-likeness (QED) is 0.635. The Labute approximate surface area is 186 Å². The van der Waals surface area contributed by atoms with Crippen molar-refractivity contribution in [3.63, 3.8) is 0 Å². The topological polar surface area (TPSA) is 117 Å². The van der Waals surface area contributed by atoms with Crippen LogP contribution < -0.4 is 20.1 Å². The number of carbonyl (C=O) groups excluding carboxylic acids is 2. The molecule has 3 amide bonds. The predicted octanol–water partition coefficient (Wildman–Crippen LogP) is 2.91. The zero-order chi connectivity index (χ0) is 23.5. The summed E-state index contributed by atoms with van der Waals surface area (Å²) < 4.78 is 10.5. The SMILES string of the molecule is CN(Cc1ccc2c(c1C(=O)O)OCO2)C(=O)N[C@@H](C(=O)NC(C)(C)C)c1ccccc1. The van der Waals surface area contributed by atoms with Crippen molar-refractivity contribution in [3.05, 3.63) is 59.2 Å². The fourth-order valence-corrected chi connectivity index (χ4v) is 3.33. The molecule has 32 heavy (non-hydrogen) atoms. The van der Waals surface area contributed by atoms with Crippen molar-refractivity contribution in [2.45, 2.75) is 38.9 Å². The lowest BCUT2D eigenvalue weighted by Gasteiger charge is -2.27. The number of hydrogen-bond donors (Lipinski definition) is 3. The van der Waals surface area contributed by atoms with E-state index in [0.29, 0.717) is 16.9 Å². The molecular formula is C23H27N3O6. The molecule has 9 heteroatoms. The molecule has 0 fully saturated rings. The van der Waals surface area contributed by atoms with Crippen LogP contribution in [0, 0.1) is 0 Å². The first-order valence-corrected chi connectivity index (χ1v) is 10.1. The Morgan fingerprint density at radius 3 is 2.41 bits per heavy atom. The first-order valence-electron chi connectivity index (χ1n) is 10.1. The summed E-state index contributed by atoms with van der Waals surface area (Å²) in [5, 5.41) is 15.3. The van der Waals surface area contributed by atoms with E-state index >= 15 is 0 Å². The van der Waals surface area contributed by atoms with Crippen LogP contribution >= 0.6 is 0 Å². The van der Waals surface area contributed by atoms with E-state index in [1.807, 2.05) is 26.8 Å². The number of nitrogens with zero attached hydrogens (tertiary/aromatic N) is 1. The number of aromatic carboxylic acids is 1. The van der Waals surface area contributed by atoms with Gasteiger partial charge in [0.05, 0.1) is 0 Å². The maximum absolute atomic E-state index is 12.9. The van der Waals surface area contributed by atoms with E-state index in [-0.39, 0.29) is 30.6 Å². The highest BCUT2D eigenvalue weighted by Gasteiger charge is 2.29. The molecule has 0 spiro atoms. The van der Waals surface area contributed by atoms with Crippen LogP contribution in [0.15, 0.2) is 42.5 Å². The van der Waals surface area contributed by atoms with Gasteiger partial charge in [0.2, 0.25) is 12.7 Å². The van der Waals surface area contributed by atoms with Crippen LogP contribution in [0.1, 0.15) is 48.3 Å². The predicted molar refractivity (Wildman–Crippen MR) is 117 cm³/mol. The number of fused-ring (bicyclic) bond motifs is 1. The number of carboxylic acid groups (broad SMARTS) is 1. The van der Waals surface area contributed by atoms with Gasteiger partial charge in [0.25, 0.3) is 0 Å². The number of carboxylic acids is 1. The second kappa shape index (κ2) is 9.17. The van der Waals surface area contributed by atoms with E-state index in [1.54, 1.807) is 36.4 Å². The van der Waals surface area contributed by atoms with Gasteiger partial charge < -0.3 is 30.1 Å². The van der Waals surface area contributed by atoms with Crippen LogP contribution in [0.25, 0.3) is 0 Å². The molecule has 1 aliphatic heterocycles. The lowest BCUT2D eigenvalue weighted by Crippen LogP contribution is -2.49. The van der Waals surface area contributed by atoms with Crippen LogP contribution in [-0.2, 0) is 11.3 Å². The Balaban J connectivity index is 1.80. The fraction of sp³-hybridized carbons (Fsp3) is 0.348. The maximum Gasteiger partial charge on any atom is 0.339 e. The van der Waals surface area contributed by atoms with Gasteiger partial charge >= 0.3 is 12.0 Å². The highest BCUT2D eigenvalue weighted by molar-refractivity contribution is 5.94. The number of carbonyl (C=O) groups is 3. The summed E-state index contributed by atoms with van der Waals surface area (Å²) in [6, 6.07) is 10.7. The van der Waals surface area contributed by atoms with Crippen LogP contribution in [0.4, 0.5) is 4.79 Å². The molecule has 0 unspecified atom stereocenters. The number of urea groups is 1. The lowest BCUT2D eigenvalue weighted by atomic mass is 10.0. The Morgan fingerprint density at radius 1 is 1.09 bits per heavy atom. The second-order valence-corrected chi connectivity index (χ2v) is 8.53. The molecule has 0 bridgehead atoms. The number of ether oxygens (including phenoxy) is 2. The lowest BCUT2D eigenvalue weighted by molar-refractivity contribution is -0.124. The Kier molecular flexibility index (Phi) is 6.57. The molecule has 0 saturated carbocycles. The largest absolute Gasteiger partial charge is 0.478 e. The molecule has 2 aromatic carbocycles. The zero-order valence-corrected chi connectivity index (χ0v) is 18.5. The Hall–Kier alpha value is -3.75. The van der Waals surface area contributed by atoms with Crippen molar-refractivity contribution in [1.29, 1.82) is 0 Å². The highest BCUT2D eigenvalue weighted by Crippen LogP contribution is 2.37. The molecule has 170 valence electrons. The molecule has 3 N–H and O–H groups in total. The number of benzene rings is 2. The van der Waals surface area contributed by atoms with Gasteiger partial charge in [-0.15, -0.1) is 0 Å².